The van der Waals surface area contributed by atoms with Crippen LogP contribution >= 0.6 is 0 Å². The molecule has 0 radical (unpaired) electrons. The quantitative estimate of drug-likeness (QED) is 0.198. The van der Waals surface area contributed by atoms with E-state index < -0.39 is 28.5 Å². The van der Waals surface area contributed by atoms with Crippen LogP contribution in [-0.4, -0.2) is 58.0 Å². The van der Waals surface area contributed by atoms with Crippen LogP contribution in [0, 0.1) is 6.92 Å². The topological polar surface area (TPSA) is 105 Å². The van der Waals surface area contributed by atoms with Gasteiger partial charge in [0, 0.05) is 19.0 Å². The Hall–Kier alpha value is -4.83. The lowest BCUT2D eigenvalue weighted by Gasteiger charge is -2.34. The molecule has 1 N–H and O–H groups in total. The average Bonchev–Trinajstić information content (AvgIpc) is 3.05. The van der Waals surface area contributed by atoms with Crippen molar-refractivity contribution in [2.75, 3.05) is 25.1 Å². The third-order valence-corrected chi connectivity index (χ3v) is 9.18. The number of benzene rings is 4. The Kier molecular flexibility index (Phi) is 11.4. The molecular formula is C36H41N3O6S. The molecule has 0 aliphatic carbocycles. The molecule has 2 amide bonds. The number of sulfonamides is 1. The number of rotatable bonds is 14. The highest BCUT2D eigenvalue weighted by atomic mass is 32.2. The Labute approximate surface area is 271 Å². The molecule has 242 valence electrons. The van der Waals surface area contributed by atoms with Crippen LogP contribution in [0.2, 0.25) is 0 Å². The van der Waals surface area contributed by atoms with E-state index >= 15 is 0 Å². The number of aryl methyl sites for hydroxylation is 1. The summed E-state index contributed by atoms with van der Waals surface area (Å²) in [5, 5.41) is 2.96. The number of anilines is 1. The second kappa shape index (κ2) is 15.4. The van der Waals surface area contributed by atoms with Gasteiger partial charge in [0.05, 0.1) is 24.8 Å². The van der Waals surface area contributed by atoms with Crippen LogP contribution in [0.4, 0.5) is 5.69 Å². The standard InChI is InChI=1S/C36H41N3O6S/c1-26(2)37-36(41)33(23-28-13-8-6-9-14-28)38(24-29-15-12-16-30(22-29)44-4)35(40)25-39(32-21-27(3)19-20-34(32)45-5)46(42,43)31-17-10-7-11-18-31/h6-22,26,33H,23-25H2,1-5H3,(H,37,41). The van der Waals surface area contributed by atoms with Gasteiger partial charge in [-0.25, -0.2) is 8.42 Å². The Morgan fingerprint density at radius 2 is 1.46 bits per heavy atom. The number of nitrogens with one attached hydrogen (secondary N) is 1. The Morgan fingerprint density at radius 3 is 2.09 bits per heavy atom. The molecule has 0 aliphatic heterocycles. The minimum Gasteiger partial charge on any atom is -0.497 e. The van der Waals surface area contributed by atoms with E-state index in [1.807, 2.05) is 57.2 Å². The summed E-state index contributed by atoms with van der Waals surface area (Å²) >= 11 is 0. The molecule has 1 atom stereocenters. The van der Waals surface area contributed by atoms with Crippen LogP contribution in [0.3, 0.4) is 0 Å². The molecule has 0 aromatic heterocycles. The van der Waals surface area contributed by atoms with Crippen molar-refractivity contribution in [3.05, 3.63) is 120 Å². The maximum atomic E-state index is 14.6. The number of methoxy groups -OCH3 is 2. The van der Waals surface area contributed by atoms with E-state index in [-0.39, 0.29) is 41.2 Å². The number of carbonyl (C=O) groups excluding carboxylic acids is 2. The normalized spacial score (nSPS) is 11.9. The molecule has 10 heteroatoms. The number of carbonyl (C=O) groups is 2. The van der Waals surface area contributed by atoms with E-state index in [2.05, 4.69) is 5.32 Å². The maximum Gasteiger partial charge on any atom is 0.264 e. The highest BCUT2D eigenvalue weighted by Crippen LogP contribution is 2.34. The fourth-order valence-corrected chi connectivity index (χ4v) is 6.57. The lowest BCUT2D eigenvalue weighted by Crippen LogP contribution is -2.54. The summed E-state index contributed by atoms with van der Waals surface area (Å²) in [6, 6.07) is 28.6. The van der Waals surface area contributed by atoms with Gasteiger partial charge in [0.15, 0.2) is 0 Å². The monoisotopic (exact) mass is 643 g/mol. The van der Waals surface area contributed by atoms with Gasteiger partial charge in [-0.05, 0) is 73.9 Å². The van der Waals surface area contributed by atoms with Gasteiger partial charge in [0.25, 0.3) is 10.0 Å². The molecule has 0 fully saturated rings. The number of ether oxygens (including phenoxy) is 2. The zero-order valence-electron chi connectivity index (χ0n) is 26.8. The van der Waals surface area contributed by atoms with Crippen molar-refractivity contribution >= 4 is 27.5 Å². The van der Waals surface area contributed by atoms with Crippen molar-refractivity contribution < 1.29 is 27.5 Å². The first kappa shape index (κ1) is 34.1. The fourth-order valence-electron chi connectivity index (χ4n) is 5.13. The predicted molar refractivity (Wildman–Crippen MR) is 179 cm³/mol. The smallest absolute Gasteiger partial charge is 0.264 e. The van der Waals surface area contributed by atoms with Gasteiger partial charge in [-0.3, -0.25) is 13.9 Å². The van der Waals surface area contributed by atoms with Gasteiger partial charge < -0.3 is 19.7 Å². The minimum atomic E-state index is -4.25. The Bertz CT molecular complexity index is 1730. The zero-order valence-corrected chi connectivity index (χ0v) is 27.7. The summed E-state index contributed by atoms with van der Waals surface area (Å²) in [6.07, 6.45) is 0.217. The number of hydrogen-bond donors (Lipinski definition) is 1. The Balaban J connectivity index is 1.86. The first-order valence-electron chi connectivity index (χ1n) is 15.0. The van der Waals surface area contributed by atoms with Crippen LogP contribution in [0.15, 0.2) is 108 Å². The first-order chi connectivity index (χ1) is 22.0. The van der Waals surface area contributed by atoms with Crippen LogP contribution in [0.1, 0.15) is 30.5 Å². The molecule has 0 saturated carbocycles. The molecule has 0 bridgehead atoms. The van der Waals surface area contributed by atoms with Crippen molar-refractivity contribution in [3.63, 3.8) is 0 Å². The molecule has 0 aliphatic rings. The molecule has 9 nitrogen and oxygen atoms in total. The van der Waals surface area contributed by atoms with E-state index in [1.54, 1.807) is 61.7 Å². The minimum absolute atomic E-state index is 0.0177. The molecule has 1 unspecified atom stereocenters. The van der Waals surface area contributed by atoms with Crippen LogP contribution in [0.25, 0.3) is 0 Å². The summed E-state index contributed by atoms with van der Waals surface area (Å²) in [4.78, 5) is 30.0. The summed E-state index contributed by atoms with van der Waals surface area (Å²) in [6.45, 7) is 4.98. The molecule has 0 saturated heterocycles. The lowest BCUT2D eigenvalue weighted by molar-refractivity contribution is -0.140. The van der Waals surface area contributed by atoms with Crippen molar-refractivity contribution in [2.24, 2.45) is 0 Å². The van der Waals surface area contributed by atoms with E-state index in [0.29, 0.717) is 11.3 Å². The van der Waals surface area contributed by atoms with Crippen LogP contribution < -0.4 is 19.1 Å². The van der Waals surface area contributed by atoms with Gasteiger partial charge in [-0.15, -0.1) is 0 Å². The van der Waals surface area contributed by atoms with Gasteiger partial charge in [-0.1, -0.05) is 66.7 Å². The molecular weight excluding hydrogens is 602 g/mol. The van der Waals surface area contributed by atoms with E-state index in [1.165, 1.54) is 24.1 Å². The third kappa shape index (κ3) is 8.45. The van der Waals surface area contributed by atoms with E-state index in [0.717, 1.165) is 15.4 Å². The maximum absolute atomic E-state index is 14.6. The van der Waals surface area contributed by atoms with Gasteiger partial charge in [0.2, 0.25) is 11.8 Å². The van der Waals surface area contributed by atoms with Crippen molar-refractivity contribution in [1.82, 2.24) is 10.2 Å². The van der Waals surface area contributed by atoms with E-state index in [9.17, 15) is 18.0 Å². The summed E-state index contributed by atoms with van der Waals surface area (Å²) in [5.41, 5.74) is 2.56. The SMILES string of the molecule is COc1cccc(CN(C(=O)CN(c2cc(C)ccc2OC)S(=O)(=O)c2ccccc2)C(Cc2ccccc2)C(=O)NC(C)C)c1. The summed E-state index contributed by atoms with van der Waals surface area (Å²) < 4.78 is 40.6. The number of hydrogen-bond acceptors (Lipinski definition) is 6. The van der Waals surface area contributed by atoms with Crippen LogP contribution in [-0.2, 0) is 32.6 Å². The fraction of sp³-hybridized carbons (Fsp3) is 0.278. The van der Waals surface area contributed by atoms with Crippen molar-refractivity contribution in [3.8, 4) is 11.5 Å². The lowest BCUT2D eigenvalue weighted by atomic mass is 10.0. The van der Waals surface area contributed by atoms with Gasteiger partial charge in [-0.2, -0.15) is 0 Å². The largest absolute Gasteiger partial charge is 0.497 e. The molecule has 4 aromatic carbocycles. The third-order valence-electron chi connectivity index (χ3n) is 7.40. The van der Waals surface area contributed by atoms with Crippen LogP contribution in [0.5, 0.6) is 11.5 Å². The van der Waals surface area contributed by atoms with Crippen molar-refractivity contribution in [2.45, 2.75) is 50.7 Å². The van der Waals surface area contributed by atoms with Gasteiger partial charge >= 0.3 is 0 Å². The highest BCUT2D eigenvalue weighted by Gasteiger charge is 2.35. The van der Waals surface area contributed by atoms with Crippen molar-refractivity contribution in [1.29, 1.82) is 0 Å². The molecule has 4 rings (SSSR count). The first-order valence-corrected chi connectivity index (χ1v) is 16.5. The van der Waals surface area contributed by atoms with Gasteiger partial charge in [0.1, 0.15) is 24.1 Å². The second-order valence-electron chi connectivity index (χ2n) is 11.2. The van der Waals surface area contributed by atoms with E-state index in [4.69, 9.17) is 9.47 Å². The molecule has 0 heterocycles. The molecule has 0 spiro atoms. The predicted octanol–water partition coefficient (Wildman–Crippen LogP) is 5.37. The average molecular weight is 644 g/mol. The zero-order chi connectivity index (χ0) is 33.3. The summed E-state index contributed by atoms with van der Waals surface area (Å²) in [5.74, 6) is -0.0315. The molecule has 46 heavy (non-hydrogen) atoms. The Morgan fingerprint density at radius 1 is 0.804 bits per heavy atom. The summed E-state index contributed by atoms with van der Waals surface area (Å²) in [7, 11) is -1.25. The number of amides is 2. The second-order valence-corrected chi connectivity index (χ2v) is 13.1. The highest BCUT2D eigenvalue weighted by molar-refractivity contribution is 7.92. The molecule has 4 aromatic rings. The number of nitrogens with zero attached hydrogens (tertiary/aromatic N) is 2.